The van der Waals surface area contributed by atoms with Gasteiger partial charge in [-0.2, -0.15) is 0 Å². The molecule has 1 aromatic heterocycles. The van der Waals surface area contributed by atoms with Crippen molar-refractivity contribution in [3.05, 3.63) is 88.7 Å². The Morgan fingerprint density at radius 2 is 1.90 bits per heavy atom. The van der Waals surface area contributed by atoms with Gasteiger partial charge in [-0.3, -0.25) is 15.1 Å². The second-order valence-electron chi connectivity index (χ2n) is 6.26. The summed E-state index contributed by atoms with van der Waals surface area (Å²) in [5.41, 5.74) is 3.00. The number of nitrogens with zero attached hydrogens (tertiary/aromatic N) is 2. The summed E-state index contributed by atoms with van der Waals surface area (Å²) in [6.45, 7) is 2.25. The molecule has 0 saturated carbocycles. The van der Waals surface area contributed by atoms with Gasteiger partial charge < -0.3 is 10.1 Å². The zero-order valence-corrected chi connectivity index (χ0v) is 16.9. The number of amides is 1. The molecule has 3 rings (SSSR count). The summed E-state index contributed by atoms with van der Waals surface area (Å²) in [4.78, 5) is 21.3. The molecule has 0 aliphatic rings. The number of rotatable bonds is 5. The van der Waals surface area contributed by atoms with Crippen LogP contribution in [0.3, 0.4) is 0 Å². The maximum absolute atomic E-state index is 12.8. The van der Waals surface area contributed by atoms with E-state index in [0.29, 0.717) is 28.6 Å². The molecule has 1 heterocycles. The lowest BCUT2D eigenvalue weighted by Crippen LogP contribution is -2.36. The first-order chi connectivity index (χ1) is 14.1. The van der Waals surface area contributed by atoms with Crippen LogP contribution in [-0.4, -0.2) is 24.0 Å². The summed E-state index contributed by atoms with van der Waals surface area (Å²) in [6, 6.07) is 16.3. The zero-order valence-electron chi connectivity index (χ0n) is 16.1. The molecule has 0 radical (unpaired) electrons. The van der Waals surface area contributed by atoms with Crippen LogP contribution in [0.4, 0.5) is 5.69 Å². The first-order valence-electron chi connectivity index (χ1n) is 8.97. The second kappa shape index (κ2) is 9.71. The Morgan fingerprint density at radius 1 is 1.14 bits per heavy atom. The molecule has 0 atom stereocenters. The fourth-order valence-corrected chi connectivity index (χ4v) is 2.85. The molecule has 0 unspecified atom stereocenters. The van der Waals surface area contributed by atoms with Crippen LogP contribution in [0.1, 0.15) is 21.5 Å². The third-order valence-electron chi connectivity index (χ3n) is 4.21. The Hall–Kier alpha value is -3.38. The van der Waals surface area contributed by atoms with E-state index in [-0.39, 0.29) is 11.9 Å². The van der Waals surface area contributed by atoms with Gasteiger partial charge in [0.15, 0.2) is 0 Å². The average Bonchev–Trinajstić information content (AvgIpc) is 2.73. The van der Waals surface area contributed by atoms with Crippen LogP contribution in [0.2, 0.25) is 5.02 Å². The number of guanidine groups is 1. The molecule has 7 heteroatoms. The number of carbonyl (C=O) groups is 1. The van der Waals surface area contributed by atoms with Crippen molar-refractivity contribution in [2.75, 3.05) is 12.4 Å². The number of aryl methyl sites for hydroxylation is 1. The number of ether oxygens (including phenoxy) is 1. The topological polar surface area (TPSA) is 75.6 Å². The van der Waals surface area contributed by atoms with Crippen molar-refractivity contribution in [1.82, 2.24) is 10.3 Å². The van der Waals surface area contributed by atoms with E-state index in [9.17, 15) is 4.79 Å². The Bertz CT molecular complexity index is 1020. The fraction of sp³-hybridized carbons (Fsp3) is 0.136. The van der Waals surface area contributed by atoms with Crippen LogP contribution >= 0.6 is 11.6 Å². The third-order valence-corrected chi connectivity index (χ3v) is 4.44. The fourth-order valence-electron chi connectivity index (χ4n) is 2.68. The number of hydrogen-bond donors (Lipinski definition) is 2. The van der Waals surface area contributed by atoms with Gasteiger partial charge in [0.2, 0.25) is 5.96 Å². The lowest BCUT2D eigenvalue weighted by Gasteiger charge is -2.15. The third kappa shape index (κ3) is 5.56. The standard InChI is InChI=1S/C22H21ClN4O2/c1-15-5-3-4-6-18(15)21(28)27-22(25-14-16-9-11-24-12-10-16)26-19-13-17(23)7-8-20(19)29-2/h3-13H,14H2,1-2H3,(H2,25,26,27,28). The summed E-state index contributed by atoms with van der Waals surface area (Å²) in [5, 5.41) is 6.51. The highest BCUT2D eigenvalue weighted by Gasteiger charge is 2.13. The van der Waals surface area contributed by atoms with Gasteiger partial charge in [-0.25, -0.2) is 4.99 Å². The Morgan fingerprint density at radius 3 is 2.62 bits per heavy atom. The van der Waals surface area contributed by atoms with Crippen molar-refractivity contribution in [3.63, 3.8) is 0 Å². The first-order valence-corrected chi connectivity index (χ1v) is 9.35. The number of methoxy groups -OCH3 is 1. The molecule has 0 fully saturated rings. The summed E-state index contributed by atoms with van der Waals surface area (Å²) in [5.74, 6) is 0.608. The van der Waals surface area contributed by atoms with Crippen molar-refractivity contribution in [3.8, 4) is 5.75 Å². The summed E-state index contributed by atoms with van der Waals surface area (Å²) >= 11 is 6.12. The minimum atomic E-state index is -0.259. The second-order valence-corrected chi connectivity index (χ2v) is 6.70. The van der Waals surface area contributed by atoms with E-state index in [1.807, 2.05) is 37.3 Å². The largest absolute Gasteiger partial charge is 0.495 e. The quantitative estimate of drug-likeness (QED) is 0.483. The molecule has 0 bridgehead atoms. The monoisotopic (exact) mass is 408 g/mol. The predicted octanol–water partition coefficient (Wildman–Crippen LogP) is 4.45. The van der Waals surface area contributed by atoms with Crippen molar-refractivity contribution in [2.24, 2.45) is 4.99 Å². The molecular formula is C22H21ClN4O2. The van der Waals surface area contributed by atoms with Gasteiger partial charge in [0, 0.05) is 23.0 Å². The van der Waals surface area contributed by atoms with Crippen LogP contribution < -0.4 is 15.4 Å². The molecule has 29 heavy (non-hydrogen) atoms. The minimum Gasteiger partial charge on any atom is -0.495 e. The van der Waals surface area contributed by atoms with Crippen molar-refractivity contribution in [1.29, 1.82) is 0 Å². The van der Waals surface area contributed by atoms with E-state index in [0.717, 1.165) is 11.1 Å². The summed E-state index contributed by atoms with van der Waals surface area (Å²) in [6.07, 6.45) is 3.40. The molecule has 0 saturated heterocycles. The average molecular weight is 409 g/mol. The lowest BCUT2D eigenvalue weighted by molar-refractivity contribution is 0.0976. The maximum Gasteiger partial charge on any atom is 0.258 e. The van der Waals surface area contributed by atoms with Crippen LogP contribution in [0.15, 0.2) is 72.0 Å². The van der Waals surface area contributed by atoms with E-state index in [1.54, 1.807) is 43.8 Å². The first kappa shape index (κ1) is 20.4. The number of hydrogen-bond acceptors (Lipinski definition) is 4. The molecule has 3 aromatic rings. The van der Waals surface area contributed by atoms with E-state index in [1.165, 1.54) is 0 Å². The van der Waals surface area contributed by atoms with Gasteiger partial charge in [-0.05, 0) is 54.4 Å². The Labute approximate surface area is 174 Å². The molecule has 0 aliphatic carbocycles. The number of halogens is 1. The predicted molar refractivity (Wildman–Crippen MR) is 116 cm³/mol. The van der Waals surface area contributed by atoms with Gasteiger partial charge in [-0.15, -0.1) is 0 Å². The number of pyridine rings is 1. The summed E-state index contributed by atoms with van der Waals surface area (Å²) in [7, 11) is 1.56. The minimum absolute atomic E-state index is 0.259. The number of aromatic nitrogens is 1. The molecule has 0 spiro atoms. The Kier molecular flexibility index (Phi) is 6.81. The van der Waals surface area contributed by atoms with Gasteiger partial charge in [0.05, 0.1) is 19.3 Å². The summed E-state index contributed by atoms with van der Waals surface area (Å²) < 4.78 is 5.38. The van der Waals surface area contributed by atoms with Crippen molar-refractivity contribution >= 4 is 29.2 Å². The number of aliphatic imine (C=N–C) groups is 1. The van der Waals surface area contributed by atoms with Crippen LogP contribution in [0.5, 0.6) is 5.75 Å². The number of anilines is 1. The highest BCUT2D eigenvalue weighted by Crippen LogP contribution is 2.27. The van der Waals surface area contributed by atoms with Gasteiger partial charge >= 0.3 is 0 Å². The Balaban J connectivity index is 1.88. The highest BCUT2D eigenvalue weighted by atomic mass is 35.5. The smallest absolute Gasteiger partial charge is 0.258 e. The highest BCUT2D eigenvalue weighted by molar-refractivity contribution is 6.31. The number of nitrogens with one attached hydrogen (secondary N) is 2. The molecule has 6 nitrogen and oxygen atoms in total. The van der Waals surface area contributed by atoms with Gasteiger partial charge in [0.1, 0.15) is 5.75 Å². The van der Waals surface area contributed by atoms with Crippen molar-refractivity contribution < 1.29 is 9.53 Å². The molecule has 2 aromatic carbocycles. The molecule has 2 N–H and O–H groups in total. The van der Waals surface area contributed by atoms with Crippen LogP contribution in [0, 0.1) is 6.92 Å². The van der Waals surface area contributed by atoms with Gasteiger partial charge in [-0.1, -0.05) is 29.8 Å². The molecule has 148 valence electrons. The van der Waals surface area contributed by atoms with E-state index in [4.69, 9.17) is 16.3 Å². The van der Waals surface area contributed by atoms with Crippen LogP contribution in [0.25, 0.3) is 0 Å². The lowest BCUT2D eigenvalue weighted by atomic mass is 10.1. The van der Waals surface area contributed by atoms with Crippen LogP contribution in [-0.2, 0) is 6.54 Å². The molecule has 0 aliphatic heterocycles. The van der Waals surface area contributed by atoms with Gasteiger partial charge in [0.25, 0.3) is 5.91 Å². The van der Waals surface area contributed by atoms with E-state index < -0.39 is 0 Å². The number of carbonyl (C=O) groups excluding carboxylic acids is 1. The number of benzene rings is 2. The van der Waals surface area contributed by atoms with E-state index >= 15 is 0 Å². The molecule has 1 amide bonds. The maximum atomic E-state index is 12.8. The zero-order chi connectivity index (χ0) is 20.6. The SMILES string of the molecule is COc1ccc(Cl)cc1NC(=NCc1ccncc1)NC(=O)c1ccccc1C. The normalized spacial score (nSPS) is 11.1. The van der Waals surface area contributed by atoms with E-state index in [2.05, 4.69) is 20.6 Å². The molecular weight excluding hydrogens is 388 g/mol. The van der Waals surface area contributed by atoms with Crippen molar-refractivity contribution in [2.45, 2.75) is 13.5 Å².